The predicted octanol–water partition coefficient (Wildman–Crippen LogP) is 4.90. The third-order valence-electron chi connectivity index (χ3n) is 3.76. The highest BCUT2D eigenvalue weighted by Crippen LogP contribution is 2.34. The molecule has 132 valence electrons. The van der Waals surface area contributed by atoms with E-state index in [1.165, 1.54) is 17.0 Å². The van der Waals surface area contributed by atoms with E-state index in [-0.39, 0.29) is 22.4 Å². The topological polar surface area (TPSA) is 80.5 Å². The average Bonchev–Trinajstić information content (AvgIpc) is 2.84. The highest BCUT2D eigenvalue weighted by Gasteiger charge is 2.35. The summed E-state index contributed by atoms with van der Waals surface area (Å²) in [5.74, 6) is -0.396. The van der Waals surface area contributed by atoms with Crippen LogP contribution in [0.15, 0.2) is 51.8 Å². The van der Waals surface area contributed by atoms with Gasteiger partial charge in [-0.2, -0.15) is 0 Å². The van der Waals surface area contributed by atoms with Gasteiger partial charge in [-0.25, -0.2) is 0 Å². The number of thioether (sulfide) groups is 1. The van der Waals surface area contributed by atoms with Crippen LogP contribution in [0.25, 0.3) is 6.08 Å². The highest BCUT2D eigenvalue weighted by atomic mass is 79.9. The lowest BCUT2D eigenvalue weighted by molar-refractivity contribution is -0.385. The molecule has 2 aromatic carbocycles. The van der Waals surface area contributed by atoms with Crippen molar-refractivity contribution in [2.45, 2.75) is 13.5 Å². The van der Waals surface area contributed by atoms with E-state index in [1.54, 1.807) is 12.1 Å². The quantitative estimate of drug-likeness (QED) is 0.389. The van der Waals surface area contributed by atoms with E-state index in [0.29, 0.717) is 10.0 Å². The summed E-state index contributed by atoms with van der Waals surface area (Å²) in [7, 11) is 0. The van der Waals surface area contributed by atoms with E-state index in [1.807, 2.05) is 31.2 Å². The molecule has 1 fully saturated rings. The summed E-state index contributed by atoms with van der Waals surface area (Å²) in [4.78, 5) is 36.7. The Labute approximate surface area is 162 Å². The highest BCUT2D eigenvalue weighted by molar-refractivity contribution is 9.10. The number of halogens is 1. The number of amides is 2. The van der Waals surface area contributed by atoms with Crippen LogP contribution in [0.5, 0.6) is 0 Å². The van der Waals surface area contributed by atoms with Crippen molar-refractivity contribution in [3.8, 4) is 0 Å². The third kappa shape index (κ3) is 3.86. The molecule has 0 unspecified atom stereocenters. The first-order valence-electron chi connectivity index (χ1n) is 7.60. The summed E-state index contributed by atoms with van der Waals surface area (Å²) in [5, 5.41) is 10.7. The normalized spacial score (nSPS) is 15.8. The second-order valence-electron chi connectivity index (χ2n) is 5.72. The summed E-state index contributed by atoms with van der Waals surface area (Å²) >= 11 is 3.96. The van der Waals surface area contributed by atoms with Gasteiger partial charge in [0, 0.05) is 6.07 Å². The SMILES string of the molecule is Cc1cccc(CN2C(=O)S/C(=C\c3ccc(Br)c([N+](=O)[O-])c3)C2=O)c1. The first kappa shape index (κ1) is 18.3. The molecule has 0 spiro atoms. The van der Waals surface area contributed by atoms with Crippen molar-refractivity contribution >= 4 is 50.6 Å². The minimum absolute atomic E-state index is 0.0993. The van der Waals surface area contributed by atoms with Crippen molar-refractivity contribution in [3.05, 3.63) is 78.6 Å². The van der Waals surface area contributed by atoms with E-state index in [2.05, 4.69) is 15.9 Å². The minimum atomic E-state index is -0.509. The molecule has 6 nitrogen and oxygen atoms in total. The molecule has 1 aliphatic rings. The monoisotopic (exact) mass is 432 g/mol. The fraction of sp³-hybridized carbons (Fsp3) is 0.111. The molecule has 0 N–H and O–H groups in total. The Morgan fingerprint density at radius 3 is 2.69 bits per heavy atom. The van der Waals surface area contributed by atoms with Crippen LogP contribution in [0.3, 0.4) is 0 Å². The van der Waals surface area contributed by atoms with Gasteiger partial charge in [-0.1, -0.05) is 35.9 Å². The maximum atomic E-state index is 12.6. The summed E-state index contributed by atoms with van der Waals surface area (Å²) in [6.07, 6.45) is 1.50. The molecule has 26 heavy (non-hydrogen) atoms. The molecular weight excluding hydrogens is 420 g/mol. The first-order valence-corrected chi connectivity index (χ1v) is 9.21. The standard InChI is InChI=1S/C18H13BrN2O4S/c1-11-3-2-4-13(7-11)10-20-17(22)16(26-18(20)23)9-12-5-6-14(19)15(8-12)21(24)25/h2-9H,10H2,1H3/b16-9-. The molecule has 0 saturated carbocycles. The van der Waals surface area contributed by atoms with Gasteiger partial charge in [-0.05, 0) is 57.9 Å². The molecule has 2 amide bonds. The molecule has 3 rings (SSSR count). The van der Waals surface area contributed by atoms with Gasteiger partial charge in [0.15, 0.2) is 0 Å². The molecule has 2 aromatic rings. The lowest BCUT2D eigenvalue weighted by Crippen LogP contribution is -2.27. The van der Waals surface area contributed by atoms with Crippen molar-refractivity contribution in [2.24, 2.45) is 0 Å². The number of rotatable bonds is 4. The Kier molecular flexibility index (Phi) is 5.24. The summed E-state index contributed by atoms with van der Waals surface area (Å²) < 4.78 is 0.354. The second kappa shape index (κ2) is 7.43. The lowest BCUT2D eigenvalue weighted by atomic mass is 10.1. The van der Waals surface area contributed by atoms with Crippen molar-refractivity contribution in [1.29, 1.82) is 0 Å². The van der Waals surface area contributed by atoms with Crippen molar-refractivity contribution in [1.82, 2.24) is 4.90 Å². The van der Waals surface area contributed by atoms with Crippen molar-refractivity contribution in [3.63, 3.8) is 0 Å². The van der Waals surface area contributed by atoms with Crippen LogP contribution >= 0.6 is 27.7 Å². The van der Waals surface area contributed by atoms with Crippen LogP contribution < -0.4 is 0 Å². The molecule has 0 radical (unpaired) electrons. The Balaban J connectivity index is 1.85. The number of hydrogen-bond donors (Lipinski definition) is 0. The number of hydrogen-bond acceptors (Lipinski definition) is 5. The van der Waals surface area contributed by atoms with Gasteiger partial charge < -0.3 is 0 Å². The number of nitro benzene ring substituents is 1. The van der Waals surface area contributed by atoms with Crippen LogP contribution in [0.2, 0.25) is 0 Å². The molecule has 0 aliphatic carbocycles. The molecule has 0 bridgehead atoms. The Hall–Kier alpha value is -2.45. The number of imide groups is 1. The summed E-state index contributed by atoms with van der Waals surface area (Å²) in [6.45, 7) is 2.14. The number of carbonyl (C=O) groups excluding carboxylic acids is 2. The van der Waals surface area contributed by atoms with E-state index in [4.69, 9.17) is 0 Å². The number of benzene rings is 2. The smallest absolute Gasteiger partial charge is 0.268 e. The second-order valence-corrected chi connectivity index (χ2v) is 7.57. The van der Waals surface area contributed by atoms with Crippen LogP contribution in [0, 0.1) is 17.0 Å². The average molecular weight is 433 g/mol. The molecule has 8 heteroatoms. The van der Waals surface area contributed by atoms with Crippen LogP contribution in [-0.2, 0) is 11.3 Å². The maximum absolute atomic E-state index is 12.6. The van der Waals surface area contributed by atoms with Crippen molar-refractivity contribution < 1.29 is 14.5 Å². The number of aryl methyl sites for hydroxylation is 1. The van der Waals surface area contributed by atoms with Gasteiger partial charge in [0.05, 0.1) is 20.8 Å². The van der Waals surface area contributed by atoms with Crippen molar-refractivity contribution in [2.75, 3.05) is 0 Å². The Bertz CT molecular complexity index is 958. The number of nitrogens with zero attached hydrogens (tertiary/aromatic N) is 2. The molecule has 0 atom stereocenters. The fourth-order valence-electron chi connectivity index (χ4n) is 2.54. The fourth-order valence-corrected chi connectivity index (χ4v) is 3.77. The third-order valence-corrected chi connectivity index (χ3v) is 5.34. The van der Waals surface area contributed by atoms with Gasteiger partial charge in [0.25, 0.3) is 16.8 Å². The zero-order valence-electron chi connectivity index (χ0n) is 13.6. The maximum Gasteiger partial charge on any atom is 0.293 e. The first-order chi connectivity index (χ1) is 12.3. The van der Waals surface area contributed by atoms with E-state index >= 15 is 0 Å². The zero-order valence-corrected chi connectivity index (χ0v) is 16.0. The summed E-state index contributed by atoms with van der Waals surface area (Å²) in [6, 6.07) is 12.1. The van der Waals surface area contributed by atoms with Gasteiger partial charge in [-0.15, -0.1) is 0 Å². The zero-order chi connectivity index (χ0) is 18.8. The minimum Gasteiger partial charge on any atom is -0.268 e. The van der Waals surface area contributed by atoms with E-state index in [9.17, 15) is 19.7 Å². The number of nitro groups is 1. The summed E-state index contributed by atoms with van der Waals surface area (Å²) in [5.41, 5.74) is 2.30. The predicted molar refractivity (Wildman–Crippen MR) is 103 cm³/mol. The van der Waals surface area contributed by atoms with E-state index < -0.39 is 10.8 Å². The van der Waals surface area contributed by atoms with Crippen LogP contribution in [-0.4, -0.2) is 21.0 Å². The molecule has 1 aliphatic heterocycles. The van der Waals surface area contributed by atoms with E-state index in [0.717, 1.165) is 22.9 Å². The number of carbonyl (C=O) groups is 2. The van der Waals surface area contributed by atoms with Crippen LogP contribution in [0.1, 0.15) is 16.7 Å². The van der Waals surface area contributed by atoms with Gasteiger partial charge in [0.2, 0.25) is 0 Å². The Morgan fingerprint density at radius 2 is 2.00 bits per heavy atom. The Morgan fingerprint density at radius 1 is 1.23 bits per heavy atom. The van der Waals surface area contributed by atoms with Gasteiger partial charge in [0.1, 0.15) is 0 Å². The van der Waals surface area contributed by atoms with Gasteiger partial charge >= 0.3 is 0 Å². The molecule has 1 saturated heterocycles. The van der Waals surface area contributed by atoms with Gasteiger partial charge in [-0.3, -0.25) is 24.6 Å². The molecular formula is C18H13BrN2O4S. The largest absolute Gasteiger partial charge is 0.293 e. The molecule has 0 aromatic heterocycles. The lowest BCUT2D eigenvalue weighted by Gasteiger charge is -2.12. The molecule has 1 heterocycles. The van der Waals surface area contributed by atoms with Crippen LogP contribution in [0.4, 0.5) is 10.5 Å².